The molecule has 0 aromatic heterocycles. The quantitative estimate of drug-likeness (QED) is 0.422. The lowest BCUT2D eigenvalue weighted by molar-refractivity contribution is 0.112. The van der Waals surface area contributed by atoms with Crippen LogP contribution in [0.5, 0.6) is 0 Å². The van der Waals surface area contributed by atoms with Crippen LogP contribution in [0.3, 0.4) is 0 Å². The van der Waals surface area contributed by atoms with E-state index in [1.807, 2.05) is 13.0 Å². The minimum atomic E-state index is -0.393. The summed E-state index contributed by atoms with van der Waals surface area (Å²) in [5.74, 6) is -0.393. The van der Waals surface area contributed by atoms with Crippen LogP contribution in [0, 0.1) is 5.39 Å². The molecule has 88 valence electrons. The number of rotatable bonds is 6. The zero-order valence-corrected chi connectivity index (χ0v) is 10.1. The largest absolute Gasteiger partial charge is 0.476 e. The predicted octanol–water partition coefficient (Wildman–Crippen LogP) is 3.91. The Morgan fingerprint density at radius 2 is 2.00 bits per heavy atom. The number of ether oxygens (including phenoxy) is 1. The molecular weight excluding hydrogens is 204 g/mol. The number of diazo groups is 1. The van der Waals surface area contributed by atoms with Crippen LogP contribution in [0.1, 0.15) is 33.6 Å². The molecule has 0 aromatic rings. The van der Waals surface area contributed by atoms with Crippen LogP contribution in [0.2, 0.25) is 0 Å². The summed E-state index contributed by atoms with van der Waals surface area (Å²) >= 11 is 0. The summed E-state index contributed by atoms with van der Waals surface area (Å²) in [7, 11) is 0. The first kappa shape index (κ1) is 14.2. The van der Waals surface area contributed by atoms with Gasteiger partial charge in [0.15, 0.2) is 4.98 Å². The smallest absolute Gasteiger partial charge is 0.429 e. The van der Waals surface area contributed by atoms with Crippen molar-refractivity contribution in [2.24, 2.45) is 0 Å². The van der Waals surface area contributed by atoms with E-state index in [2.05, 4.69) is 24.9 Å². The van der Waals surface area contributed by atoms with Gasteiger partial charge < -0.3 is 9.84 Å². The first-order valence-corrected chi connectivity index (χ1v) is 5.21. The predicted molar refractivity (Wildman–Crippen MR) is 64.2 cm³/mol. The molecule has 0 heterocycles. The van der Waals surface area contributed by atoms with E-state index in [1.165, 1.54) is 11.1 Å². The topological polar surface area (TPSA) is 57.6 Å². The molecule has 0 bridgehead atoms. The molecule has 4 nitrogen and oxygen atoms in total. The van der Waals surface area contributed by atoms with Crippen LogP contribution in [0.15, 0.2) is 35.4 Å². The fraction of sp³-hybridized carbons (Fsp3) is 0.500. The van der Waals surface area contributed by atoms with Gasteiger partial charge in [-0.3, -0.25) is 0 Å². The van der Waals surface area contributed by atoms with Crippen LogP contribution in [-0.4, -0.2) is 11.7 Å². The normalized spacial score (nSPS) is 11.9. The van der Waals surface area contributed by atoms with Gasteiger partial charge in [-0.1, -0.05) is 17.2 Å². The Labute approximate surface area is 96.6 Å². The molecular formula is C12H19N2O2+. The molecule has 16 heavy (non-hydrogen) atoms. The van der Waals surface area contributed by atoms with Gasteiger partial charge in [-0.05, 0) is 39.7 Å². The molecule has 0 aliphatic carbocycles. The molecule has 0 radical (unpaired) electrons. The van der Waals surface area contributed by atoms with E-state index >= 15 is 0 Å². The summed E-state index contributed by atoms with van der Waals surface area (Å²) in [5.41, 5.74) is 2.51. The summed E-state index contributed by atoms with van der Waals surface area (Å²) in [6, 6.07) is 0. The molecule has 0 aliphatic heterocycles. The molecule has 4 heteroatoms. The highest BCUT2D eigenvalue weighted by Gasteiger charge is 1.98. The molecule has 0 spiro atoms. The summed E-state index contributed by atoms with van der Waals surface area (Å²) in [5, 5.41) is 17.1. The van der Waals surface area contributed by atoms with Crippen LogP contribution < -0.4 is 0 Å². The molecule has 0 saturated carbocycles. The van der Waals surface area contributed by atoms with Crippen LogP contribution in [0.4, 0.5) is 0 Å². The van der Waals surface area contributed by atoms with Gasteiger partial charge in [0.2, 0.25) is 5.39 Å². The highest BCUT2D eigenvalue weighted by molar-refractivity contribution is 5.02. The molecule has 0 amide bonds. The van der Waals surface area contributed by atoms with E-state index in [1.54, 1.807) is 0 Å². The standard InChI is InChI=1S/C12H18N2O2/c1-10(2)5-4-6-11(3)7-8-16-12(15)9-14-13/h5,7,9H,4,6,8H2,1-3H3/p+1/b11-7+,12-9+. The summed E-state index contributed by atoms with van der Waals surface area (Å²) < 4.78 is 4.85. The molecule has 0 aliphatic rings. The number of allylic oxidation sites excluding steroid dienone is 3. The van der Waals surface area contributed by atoms with E-state index in [-0.39, 0.29) is 6.61 Å². The Kier molecular flexibility index (Phi) is 7.60. The van der Waals surface area contributed by atoms with E-state index in [9.17, 15) is 0 Å². The first-order valence-electron chi connectivity index (χ1n) is 5.21. The molecule has 0 rings (SSSR count). The number of nitrogens with zero attached hydrogens (tertiary/aromatic N) is 2. The van der Waals surface area contributed by atoms with Gasteiger partial charge in [-0.25, -0.2) is 0 Å². The maximum Gasteiger partial charge on any atom is 0.429 e. The van der Waals surface area contributed by atoms with Gasteiger partial charge in [0.1, 0.15) is 6.61 Å². The minimum Gasteiger partial charge on any atom is -0.476 e. The Morgan fingerprint density at radius 1 is 1.31 bits per heavy atom. The monoisotopic (exact) mass is 223 g/mol. The van der Waals surface area contributed by atoms with Crippen molar-refractivity contribution in [2.45, 2.75) is 33.6 Å². The van der Waals surface area contributed by atoms with Gasteiger partial charge in [-0.15, -0.1) is 0 Å². The SMILES string of the molecule is CC(C)=CCC/C(C)=C/CO/C(O)=C/[N+]#N. The van der Waals surface area contributed by atoms with Crippen LogP contribution in [-0.2, 0) is 4.74 Å². The van der Waals surface area contributed by atoms with E-state index in [0.717, 1.165) is 19.0 Å². The van der Waals surface area contributed by atoms with Crippen LogP contribution in [0.25, 0.3) is 4.98 Å². The van der Waals surface area contributed by atoms with Crippen molar-refractivity contribution in [1.29, 1.82) is 5.39 Å². The summed E-state index contributed by atoms with van der Waals surface area (Å²) in [6.45, 7) is 6.44. The molecule has 0 atom stereocenters. The number of hydrogen-bond donors (Lipinski definition) is 1. The van der Waals surface area contributed by atoms with Crippen molar-refractivity contribution in [1.82, 2.24) is 0 Å². The van der Waals surface area contributed by atoms with Gasteiger partial charge in [0.05, 0.1) is 0 Å². The van der Waals surface area contributed by atoms with Gasteiger partial charge in [0, 0.05) is 0 Å². The summed E-state index contributed by atoms with van der Waals surface area (Å²) in [4.78, 5) is 2.64. The molecule has 0 aromatic carbocycles. The fourth-order valence-corrected chi connectivity index (χ4v) is 1.05. The first-order chi connectivity index (χ1) is 7.56. The Morgan fingerprint density at radius 3 is 2.56 bits per heavy atom. The minimum absolute atomic E-state index is 0.276. The van der Waals surface area contributed by atoms with E-state index in [0.29, 0.717) is 0 Å². The second-order valence-electron chi connectivity index (χ2n) is 3.76. The average Bonchev–Trinajstić information content (AvgIpc) is 2.17. The summed E-state index contributed by atoms with van der Waals surface area (Å²) in [6.07, 6.45) is 6.90. The third-order valence-electron chi connectivity index (χ3n) is 1.92. The third-order valence-corrected chi connectivity index (χ3v) is 1.92. The highest BCUT2D eigenvalue weighted by Crippen LogP contribution is 2.06. The van der Waals surface area contributed by atoms with Crippen molar-refractivity contribution in [3.05, 3.63) is 40.4 Å². The van der Waals surface area contributed by atoms with Crippen molar-refractivity contribution >= 4 is 0 Å². The fourth-order valence-electron chi connectivity index (χ4n) is 1.05. The maximum atomic E-state index is 8.96. The molecule has 0 saturated heterocycles. The van der Waals surface area contributed by atoms with Crippen molar-refractivity contribution in [3.63, 3.8) is 0 Å². The van der Waals surface area contributed by atoms with Crippen molar-refractivity contribution < 1.29 is 9.84 Å². The number of aliphatic hydroxyl groups excluding tert-OH is 1. The third kappa shape index (κ3) is 8.82. The van der Waals surface area contributed by atoms with Crippen molar-refractivity contribution in [3.8, 4) is 0 Å². The second kappa shape index (κ2) is 8.54. The lowest BCUT2D eigenvalue weighted by Gasteiger charge is -2.00. The van der Waals surface area contributed by atoms with Gasteiger partial charge in [0.25, 0.3) is 0 Å². The van der Waals surface area contributed by atoms with Crippen molar-refractivity contribution in [2.75, 3.05) is 6.61 Å². The Bertz CT molecular complexity index is 331. The zero-order valence-electron chi connectivity index (χ0n) is 10.1. The lowest BCUT2D eigenvalue weighted by Crippen LogP contribution is -1.91. The molecule has 0 fully saturated rings. The second-order valence-corrected chi connectivity index (χ2v) is 3.76. The van der Waals surface area contributed by atoms with Crippen LogP contribution >= 0.6 is 0 Å². The Balaban J connectivity index is 3.84. The highest BCUT2D eigenvalue weighted by atomic mass is 16.6. The van der Waals surface area contributed by atoms with Gasteiger partial charge >= 0.3 is 12.1 Å². The molecule has 0 unspecified atom stereocenters. The van der Waals surface area contributed by atoms with Gasteiger partial charge in [-0.2, -0.15) is 0 Å². The van der Waals surface area contributed by atoms with E-state index < -0.39 is 5.95 Å². The van der Waals surface area contributed by atoms with E-state index in [4.69, 9.17) is 15.2 Å². The average molecular weight is 223 g/mol. The number of aliphatic hydroxyl groups is 1. The number of hydrogen-bond acceptors (Lipinski definition) is 3. The molecule has 1 N–H and O–H groups in total. The zero-order chi connectivity index (χ0) is 12.4. The maximum absolute atomic E-state index is 8.96. The Hall–Kier alpha value is -1.76. The lowest BCUT2D eigenvalue weighted by atomic mass is 10.1.